The number of rotatable bonds is 3. The summed E-state index contributed by atoms with van der Waals surface area (Å²) in [6.45, 7) is 1.69. The van der Waals surface area contributed by atoms with Gasteiger partial charge in [-0.2, -0.15) is 0 Å². The van der Waals surface area contributed by atoms with Crippen molar-refractivity contribution in [2.75, 3.05) is 0 Å². The van der Waals surface area contributed by atoms with Gasteiger partial charge in [-0.15, -0.1) is 0 Å². The van der Waals surface area contributed by atoms with E-state index < -0.39 is 12.1 Å². The average Bonchev–Trinajstić information content (AvgIpc) is 2.39. The largest absolute Gasteiger partial charge is 0.453 e. The van der Waals surface area contributed by atoms with E-state index in [1.165, 1.54) is 18.3 Å². The number of carbonyl (C=O) groups is 1. The van der Waals surface area contributed by atoms with Crippen molar-refractivity contribution in [3.63, 3.8) is 0 Å². The highest BCUT2D eigenvalue weighted by atomic mass is 19.1. The first-order valence-electron chi connectivity index (χ1n) is 5.54. The number of nitrogens with zero attached hydrogens (tertiary/aromatic N) is 1. The number of ether oxygens (including phenoxy) is 1. The molecule has 1 aromatic heterocycles. The molecule has 92 valence electrons. The average molecular weight is 245 g/mol. The first-order chi connectivity index (χ1) is 8.66. The lowest BCUT2D eigenvalue weighted by Gasteiger charge is -2.13. The second-order valence-corrected chi connectivity index (χ2v) is 3.82. The van der Waals surface area contributed by atoms with Crippen LogP contribution in [0.5, 0.6) is 0 Å². The van der Waals surface area contributed by atoms with E-state index in [4.69, 9.17) is 4.74 Å². The van der Waals surface area contributed by atoms with Gasteiger partial charge in [0.1, 0.15) is 17.6 Å². The molecule has 0 spiro atoms. The van der Waals surface area contributed by atoms with Crippen molar-refractivity contribution < 1.29 is 13.9 Å². The molecule has 1 aromatic carbocycles. The Kier molecular flexibility index (Phi) is 3.67. The van der Waals surface area contributed by atoms with Crippen LogP contribution in [-0.4, -0.2) is 11.0 Å². The van der Waals surface area contributed by atoms with E-state index in [1.807, 2.05) is 0 Å². The third kappa shape index (κ3) is 2.91. The maximum absolute atomic E-state index is 13.0. The molecule has 0 aliphatic carbocycles. The molecule has 2 aromatic rings. The van der Waals surface area contributed by atoms with Crippen molar-refractivity contribution >= 4 is 5.97 Å². The predicted molar refractivity (Wildman–Crippen MR) is 64.5 cm³/mol. The van der Waals surface area contributed by atoms with Crippen molar-refractivity contribution in [3.8, 4) is 0 Å². The predicted octanol–water partition coefficient (Wildman–Crippen LogP) is 3.14. The van der Waals surface area contributed by atoms with E-state index >= 15 is 0 Å². The molecule has 4 heteroatoms. The number of halogens is 1. The van der Waals surface area contributed by atoms with Gasteiger partial charge in [-0.25, -0.2) is 14.2 Å². The lowest BCUT2D eigenvalue weighted by atomic mass is 10.1. The van der Waals surface area contributed by atoms with Crippen LogP contribution in [0.4, 0.5) is 4.39 Å². The zero-order valence-electron chi connectivity index (χ0n) is 9.84. The van der Waals surface area contributed by atoms with Gasteiger partial charge in [0.2, 0.25) is 0 Å². The molecule has 0 saturated carbocycles. The van der Waals surface area contributed by atoms with Gasteiger partial charge in [-0.3, -0.25) is 0 Å². The molecule has 0 aliphatic rings. The number of hydrogen-bond donors (Lipinski definition) is 0. The van der Waals surface area contributed by atoms with E-state index in [9.17, 15) is 9.18 Å². The minimum atomic E-state index is -0.521. The Labute approximate surface area is 104 Å². The molecule has 0 fully saturated rings. The van der Waals surface area contributed by atoms with Crippen molar-refractivity contribution in [2.24, 2.45) is 0 Å². The Bertz CT molecular complexity index is 543. The van der Waals surface area contributed by atoms with E-state index in [-0.39, 0.29) is 11.5 Å². The van der Waals surface area contributed by atoms with E-state index in [0.29, 0.717) is 5.56 Å². The molecule has 1 heterocycles. The Morgan fingerprint density at radius 2 is 2.11 bits per heavy atom. The topological polar surface area (TPSA) is 39.2 Å². The van der Waals surface area contributed by atoms with E-state index in [2.05, 4.69) is 4.98 Å². The fourth-order valence-corrected chi connectivity index (χ4v) is 1.53. The van der Waals surface area contributed by atoms with Crippen LogP contribution in [0, 0.1) is 5.82 Å². The molecular weight excluding hydrogens is 233 g/mol. The highest BCUT2D eigenvalue weighted by Gasteiger charge is 2.14. The van der Waals surface area contributed by atoms with Gasteiger partial charge in [0.25, 0.3) is 0 Å². The molecule has 0 amide bonds. The van der Waals surface area contributed by atoms with Gasteiger partial charge in [-0.05, 0) is 36.8 Å². The normalized spacial score (nSPS) is 11.9. The van der Waals surface area contributed by atoms with Crippen LogP contribution in [0.25, 0.3) is 0 Å². The second-order valence-electron chi connectivity index (χ2n) is 3.82. The summed E-state index contributed by atoms with van der Waals surface area (Å²) in [5.41, 5.74) is 0.847. The summed E-state index contributed by atoms with van der Waals surface area (Å²) in [5.74, 6) is -0.874. The molecule has 2 rings (SSSR count). The van der Waals surface area contributed by atoms with Crippen LogP contribution in [0.3, 0.4) is 0 Å². The van der Waals surface area contributed by atoms with Gasteiger partial charge >= 0.3 is 5.97 Å². The maximum Gasteiger partial charge on any atom is 0.357 e. The van der Waals surface area contributed by atoms with E-state index in [1.54, 1.807) is 37.3 Å². The quantitative estimate of drug-likeness (QED) is 0.780. The minimum Gasteiger partial charge on any atom is -0.453 e. The van der Waals surface area contributed by atoms with Gasteiger partial charge in [0.15, 0.2) is 0 Å². The molecular formula is C14H12FNO2. The lowest BCUT2D eigenvalue weighted by molar-refractivity contribution is 0.0330. The summed E-state index contributed by atoms with van der Waals surface area (Å²) in [7, 11) is 0. The number of pyridine rings is 1. The smallest absolute Gasteiger partial charge is 0.357 e. The molecule has 0 aliphatic heterocycles. The van der Waals surface area contributed by atoms with E-state index in [0.717, 1.165) is 0 Å². The number of carbonyl (C=O) groups excluding carboxylic acids is 1. The summed E-state index contributed by atoms with van der Waals surface area (Å²) in [4.78, 5) is 15.6. The van der Waals surface area contributed by atoms with Crippen molar-refractivity contribution in [1.29, 1.82) is 0 Å². The summed E-state index contributed by atoms with van der Waals surface area (Å²) in [5, 5.41) is 0. The highest BCUT2D eigenvalue weighted by molar-refractivity contribution is 5.87. The second kappa shape index (κ2) is 5.40. The number of benzene rings is 1. The monoisotopic (exact) mass is 245 g/mol. The zero-order chi connectivity index (χ0) is 13.0. The maximum atomic E-state index is 13.0. The molecule has 0 N–H and O–H groups in total. The Morgan fingerprint density at radius 3 is 2.78 bits per heavy atom. The Balaban J connectivity index is 2.08. The van der Waals surface area contributed by atoms with Gasteiger partial charge in [0, 0.05) is 6.20 Å². The molecule has 1 unspecified atom stereocenters. The summed E-state index contributed by atoms with van der Waals surface area (Å²) in [6, 6.07) is 11.0. The first kappa shape index (κ1) is 12.2. The zero-order valence-corrected chi connectivity index (χ0v) is 9.84. The SMILES string of the molecule is CC(OC(=O)c1ccccn1)c1cccc(F)c1. The van der Waals surface area contributed by atoms with Crippen LogP contribution < -0.4 is 0 Å². The van der Waals surface area contributed by atoms with Crippen molar-refractivity contribution in [3.05, 3.63) is 65.7 Å². The van der Waals surface area contributed by atoms with Crippen LogP contribution in [-0.2, 0) is 4.74 Å². The first-order valence-corrected chi connectivity index (χ1v) is 5.54. The Morgan fingerprint density at radius 1 is 1.28 bits per heavy atom. The van der Waals surface area contributed by atoms with Crippen molar-refractivity contribution in [1.82, 2.24) is 4.98 Å². The van der Waals surface area contributed by atoms with Crippen LogP contribution in [0.1, 0.15) is 29.1 Å². The number of esters is 1. The van der Waals surface area contributed by atoms with Gasteiger partial charge in [-0.1, -0.05) is 18.2 Å². The summed E-state index contributed by atoms with van der Waals surface area (Å²) in [6.07, 6.45) is 0.999. The Hall–Kier alpha value is -2.23. The molecule has 3 nitrogen and oxygen atoms in total. The standard InChI is InChI=1S/C14H12FNO2/c1-10(11-5-4-6-12(15)9-11)18-14(17)13-7-2-3-8-16-13/h2-10H,1H3. The molecule has 0 bridgehead atoms. The number of hydrogen-bond acceptors (Lipinski definition) is 3. The van der Waals surface area contributed by atoms with Crippen LogP contribution >= 0.6 is 0 Å². The summed E-state index contributed by atoms with van der Waals surface area (Å²) < 4.78 is 18.2. The third-order valence-corrected chi connectivity index (χ3v) is 2.48. The lowest BCUT2D eigenvalue weighted by Crippen LogP contribution is -2.10. The molecule has 1 atom stereocenters. The summed E-state index contributed by atoms with van der Waals surface area (Å²) >= 11 is 0. The minimum absolute atomic E-state index is 0.237. The third-order valence-electron chi connectivity index (χ3n) is 2.48. The molecule has 18 heavy (non-hydrogen) atoms. The number of aromatic nitrogens is 1. The van der Waals surface area contributed by atoms with Crippen molar-refractivity contribution in [2.45, 2.75) is 13.0 Å². The van der Waals surface area contributed by atoms with Crippen LogP contribution in [0.2, 0.25) is 0 Å². The van der Waals surface area contributed by atoms with Gasteiger partial charge < -0.3 is 4.74 Å². The highest BCUT2D eigenvalue weighted by Crippen LogP contribution is 2.18. The molecule has 0 radical (unpaired) electrons. The fraction of sp³-hybridized carbons (Fsp3) is 0.143. The van der Waals surface area contributed by atoms with Crippen LogP contribution in [0.15, 0.2) is 48.7 Å². The van der Waals surface area contributed by atoms with Gasteiger partial charge in [0.05, 0.1) is 0 Å². The molecule has 0 saturated heterocycles. The fourth-order valence-electron chi connectivity index (χ4n) is 1.53.